The summed E-state index contributed by atoms with van der Waals surface area (Å²) in [5.41, 5.74) is 2.11. The van der Waals surface area contributed by atoms with E-state index in [9.17, 15) is 4.79 Å². The lowest BCUT2D eigenvalue weighted by Crippen LogP contribution is -2.07. The molecular weight excluding hydrogens is 304 g/mol. The average molecular weight is 318 g/mol. The molecule has 2 heterocycles. The first-order valence-electron chi connectivity index (χ1n) is 7.51. The molecule has 0 spiro atoms. The van der Waals surface area contributed by atoms with Crippen LogP contribution in [0, 0.1) is 0 Å². The van der Waals surface area contributed by atoms with Crippen LogP contribution in [0.3, 0.4) is 0 Å². The van der Waals surface area contributed by atoms with Crippen molar-refractivity contribution < 1.29 is 4.42 Å². The molecule has 0 aliphatic carbocycles. The minimum absolute atomic E-state index is 0.147. The summed E-state index contributed by atoms with van der Waals surface area (Å²) >= 11 is 0. The van der Waals surface area contributed by atoms with Crippen LogP contribution >= 0.6 is 0 Å². The molecule has 0 aliphatic rings. The molecule has 0 bridgehead atoms. The number of anilines is 2. The number of rotatable bonds is 4. The molecule has 6 nitrogen and oxygen atoms in total. The van der Waals surface area contributed by atoms with E-state index in [-0.39, 0.29) is 11.5 Å². The smallest absolute Gasteiger partial charge is 0.368 e. The van der Waals surface area contributed by atoms with Gasteiger partial charge in [0.2, 0.25) is 0 Å². The minimum Gasteiger partial charge on any atom is -0.387 e. The Morgan fingerprint density at radius 3 is 2.46 bits per heavy atom. The number of hydrogen-bond acceptors (Lipinski definition) is 5. The van der Waals surface area contributed by atoms with Gasteiger partial charge in [0.15, 0.2) is 11.2 Å². The quantitative estimate of drug-likeness (QED) is 0.625. The van der Waals surface area contributed by atoms with Crippen molar-refractivity contribution in [1.29, 1.82) is 0 Å². The van der Waals surface area contributed by atoms with E-state index in [2.05, 4.69) is 15.3 Å². The van der Waals surface area contributed by atoms with Crippen LogP contribution < -0.4 is 10.9 Å². The van der Waals surface area contributed by atoms with Gasteiger partial charge < -0.3 is 14.3 Å². The minimum atomic E-state index is -0.509. The van der Waals surface area contributed by atoms with Crippen molar-refractivity contribution in [3.05, 3.63) is 83.0 Å². The molecule has 0 aliphatic heterocycles. The van der Waals surface area contributed by atoms with E-state index in [1.807, 2.05) is 65.2 Å². The van der Waals surface area contributed by atoms with Gasteiger partial charge in [-0.3, -0.25) is 0 Å². The van der Waals surface area contributed by atoms with Gasteiger partial charge in [-0.15, -0.1) is 0 Å². The van der Waals surface area contributed by atoms with Crippen LogP contribution in [0.25, 0.3) is 11.2 Å². The standard InChI is InChI=1S/C18H14N4O2/c23-17-15-16(21-18(24-17)20-14-9-5-2-6-10-14)22(12-19-15)11-13-7-3-1-4-8-13/h1-10,12H,11H2,(H,20,21). The lowest BCUT2D eigenvalue weighted by Gasteiger charge is -2.06. The molecule has 24 heavy (non-hydrogen) atoms. The zero-order valence-electron chi connectivity index (χ0n) is 12.7. The average Bonchev–Trinajstić information content (AvgIpc) is 3.00. The zero-order valence-corrected chi connectivity index (χ0v) is 12.7. The maximum atomic E-state index is 12.1. The summed E-state index contributed by atoms with van der Waals surface area (Å²) in [4.78, 5) is 20.7. The zero-order chi connectivity index (χ0) is 16.4. The lowest BCUT2D eigenvalue weighted by atomic mass is 10.2. The van der Waals surface area contributed by atoms with Crippen molar-refractivity contribution >= 4 is 22.9 Å². The monoisotopic (exact) mass is 318 g/mol. The Kier molecular flexibility index (Phi) is 3.55. The number of benzene rings is 2. The Morgan fingerprint density at radius 1 is 1.00 bits per heavy atom. The van der Waals surface area contributed by atoms with Crippen LogP contribution in [0.2, 0.25) is 0 Å². The van der Waals surface area contributed by atoms with Crippen molar-refractivity contribution in [2.75, 3.05) is 5.32 Å². The van der Waals surface area contributed by atoms with E-state index in [4.69, 9.17) is 4.42 Å². The highest BCUT2D eigenvalue weighted by Crippen LogP contribution is 2.16. The summed E-state index contributed by atoms with van der Waals surface area (Å²) in [6, 6.07) is 19.5. The van der Waals surface area contributed by atoms with Gasteiger partial charge in [-0.05, 0) is 17.7 Å². The topological polar surface area (TPSA) is 73.0 Å². The van der Waals surface area contributed by atoms with Gasteiger partial charge in [0, 0.05) is 5.69 Å². The predicted octanol–water partition coefficient (Wildman–Crippen LogP) is 3.18. The summed E-state index contributed by atoms with van der Waals surface area (Å²) < 4.78 is 7.04. The van der Waals surface area contributed by atoms with Crippen molar-refractivity contribution in [3.63, 3.8) is 0 Å². The predicted molar refractivity (Wildman–Crippen MR) is 91.3 cm³/mol. The van der Waals surface area contributed by atoms with Gasteiger partial charge in [0.05, 0.1) is 12.9 Å². The van der Waals surface area contributed by atoms with Crippen molar-refractivity contribution in [1.82, 2.24) is 14.5 Å². The summed E-state index contributed by atoms with van der Waals surface area (Å²) in [7, 11) is 0. The number of nitrogens with zero attached hydrogens (tertiary/aromatic N) is 3. The molecule has 0 atom stereocenters. The largest absolute Gasteiger partial charge is 0.387 e. The first-order valence-corrected chi connectivity index (χ1v) is 7.51. The van der Waals surface area contributed by atoms with E-state index in [0.717, 1.165) is 11.3 Å². The van der Waals surface area contributed by atoms with E-state index in [0.29, 0.717) is 12.2 Å². The number of aromatic nitrogens is 3. The molecule has 0 fully saturated rings. The summed E-state index contributed by atoms with van der Waals surface area (Å²) in [6.45, 7) is 0.582. The maximum absolute atomic E-state index is 12.1. The Hall–Kier alpha value is -3.41. The number of hydrogen-bond donors (Lipinski definition) is 1. The Bertz CT molecular complexity index is 1020. The van der Waals surface area contributed by atoms with E-state index < -0.39 is 5.63 Å². The third kappa shape index (κ3) is 2.77. The van der Waals surface area contributed by atoms with Crippen LogP contribution in [-0.2, 0) is 6.54 Å². The third-order valence-electron chi connectivity index (χ3n) is 3.62. The second-order valence-electron chi connectivity index (χ2n) is 5.33. The van der Waals surface area contributed by atoms with E-state index in [1.165, 1.54) is 0 Å². The first kappa shape index (κ1) is 14.2. The normalized spacial score (nSPS) is 10.8. The number of nitrogens with one attached hydrogen (secondary N) is 1. The number of para-hydroxylation sites is 1. The fraction of sp³-hybridized carbons (Fsp3) is 0.0556. The van der Waals surface area contributed by atoms with Crippen molar-refractivity contribution in [3.8, 4) is 0 Å². The molecule has 0 unspecified atom stereocenters. The van der Waals surface area contributed by atoms with Gasteiger partial charge in [-0.1, -0.05) is 48.5 Å². The lowest BCUT2D eigenvalue weighted by molar-refractivity contribution is 0.519. The molecule has 118 valence electrons. The molecule has 1 N–H and O–H groups in total. The van der Waals surface area contributed by atoms with Crippen molar-refractivity contribution in [2.45, 2.75) is 6.54 Å². The SMILES string of the molecule is O=c1oc(Nc2ccccc2)nc2c1ncn2Cc1ccccc1. The molecule has 0 saturated carbocycles. The molecule has 0 radical (unpaired) electrons. The highest BCUT2D eigenvalue weighted by atomic mass is 16.4. The van der Waals surface area contributed by atoms with Crippen LogP contribution in [0.5, 0.6) is 0 Å². The summed E-state index contributed by atoms with van der Waals surface area (Å²) in [5.74, 6) is 0. The second-order valence-corrected chi connectivity index (χ2v) is 5.33. The third-order valence-corrected chi connectivity index (χ3v) is 3.62. The van der Waals surface area contributed by atoms with Crippen molar-refractivity contribution in [2.24, 2.45) is 0 Å². The van der Waals surface area contributed by atoms with Gasteiger partial charge >= 0.3 is 11.6 Å². The molecule has 0 amide bonds. The molecule has 6 heteroatoms. The highest BCUT2D eigenvalue weighted by molar-refractivity contribution is 5.70. The van der Waals surface area contributed by atoms with Crippen LogP contribution in [0.4, 0.5) is 11.7 Å². The van der Waals surface area contributed by atoms with Gasteiger partial charge in [0.25, 0.3) is 0 Å². The van der Waals surface area contributed by atoms with Crippen LogP contribution in [0.15, 0.2) is 76.2 Å². The fourth-order valence-corrected chi connectivity index (χ4v) is 2.49. The van der Waals surface area contributed by atoms with E-state index in [1.54, 1.807) is 6.33 Å². The summed E-state index contributed by atoms with van der Waals surface area (Å²) in [6.07, 6.45) is 1.61. The molecule has 2 aromatic heterocycles. The maximum Gasteiger partial charge on any atom is 0.368 e. The second kappa shape index (κ2) is 6.00. The summed E-state index contributed by atoms with van der Waals surface area (Å²) in [5, 5.41) is 3.00. The highest BCUT2D eigenvalue weighted by Gasteiger charge is 2.12. The molecule has 4 aromatic rings. The number of fused-ring (bicyclic) bond motifs is 1. The van der Waals surface area contributed by atoms with E-state index >= 15 is 0 Å². The Balaban J connectivity index is 1.73. The molecule has 2 aromatic carbocycles. The first-order chi connectivity index (χ1) is 11.8. The molecule has 4 rings (SSSR count). The Labute approximate surface area is 137 Å². The Morgan fingerprint density at radius 2 is 1.71 bits per heavy atom. The van der Waals surface area contributed by atoms with Gasteiger partial charge in [0.1, 0.15) is 0 Å². The molecular formula is C18H14N4O2. The van der Waals surface area contributed by atoms with Crippen LogP contribution in [-0.4, -0.2) is 14.5 Å². The fourth-order valence-electron chi connectivity index (χ4n) is 2.49. The number of imidazole rings is 1. The van der Waals surface area contributed by atoms with Gasteiger partial charge in [-0.2, -0.15) is 4.98 Å². The van der Waals surface area contributed by atoms with Gasteiger partial charge in [-0.25, -0.2) is 9.78 Å². The van der Waals surface area contributed by atoms with Crippen LogP contribution in [0.1, 0.15) is 5.56 Å². The molecule has 0 saturated heterocycles.